The monoisotopic (exact) mass is 456 g/mol. The Balaban J connectivity index is 1.74. The normalized spacial score (nSPS) is 27.3. The van der Waals surface area contributed by atoms with Crippen molar-refractivity contribution in [3.63, 3.8) is 0 Å². The summed E-state index contributed by atoms with van der Waals surface area (Å²) in [6.45, 7) is 1.43. The maximum Gasteiger partial charge on any atom is 0.416 e. The fraction of sp³-hybridized carbons (Fsp3) is 0.500. The number of halogens is 3. The lowest BCUT2D eigenvalue weighted by atomic mass is 9.81. The molecule has 0 bridgehead atoms. The van der Waals surface area contributed by atoms with Gasteiger partial charge in [-0.2, -0.15) is 13.2 Å². The molecule has 0 unspecified atom stereocenters. The molecular weight excluding hydrogens is 433 g/mol. The van der Waals surface area contributed by atoms with Gasteiger partial charge in [-0.15, -0.1) is 0 Å². The van der Waals surface area contributed by atoms with E-state index in [-0.39, 0.29) is 12.2 Å². The molecule has 0 spiro atoms. The highest BCUT2D eigenvalue weighted by molar-refractivity contribution is 6.09. The van der Waals surface area contributed by atoms with Crippen LogP contribution in [0.25, 0.3) is 0 Å². The molecule has 0 aromatic heterocycles. The van der Waals surface area contributed by atoms with Gasteiger partial charge in [-0.25, -0.2) is 4.79 Å². The molecule has 2 fully saturated rings. The van der Waals surface area contributed by atoms with Crippen LogP contribution in [0, 0.1) is 11.8 Å². The van der Waals surface area contributed by atoms with Crippen molar-refractivity contribution in [2.45, 2.75) is 24.7 Å². The third kappa shape index (κ3) is 3.90. The molecule has 4 amide bonds. The van der Waals surface area contributed by atoms with Crippen LogP contribution in [0.5, 0.6) is 0 Å². The zero-order valence-electron chi connectivity index (χ0n) is 17.8. The lowest BCUT2D eigenvalue weighted by Gasteiger charge is -2.29. The van der Waals surface area contributed by atoms with Crippen molar-refractivity contribution in [2.24, 2.45) is 11.8 Å². The van der Waals surface area contributed by atoms with Crippen LogP contribution in [-0.2, 0) is 25.3 Å². The van der Waals surface area contributed by atoms with Gasteiger partial charge in [0, 0.05) is 32.4 Å². The molecule has 3 rings (SSSR count). The number of likely N-dealkylation sites (N-methyl/N-ethyl adjacent to an activating group) is 1. The lowest BCUT2D eigenvalue weighted by Crippen LogP contribution is -2.56. The summed E-state index contributed by atoms with van der Waals surface area (Å²) in [5, 5.41) is 5.46. The summed E-state index contributed by atoms with van der Waals surface area (Å²) in [5.41, 5.74) is -2.15. The number of alkyl halides is 3. The Morgan fingerprint density at radius 2 is 1.81 bits per heavy atom. The van der Waals surface area contributed by atoms with Crippen LogP contribution in [-0.4, -0.2) is 72.9 Å². The van der Waals surface area contributed by atoms with Crippen molar-refractivity contribution in [1.82, 2.24) is 15.1 Å². The fourth-order valence-electron chi connectivity index (χ4n) is 4.31. The molecule has 4 atom stereocenters. The van der Waals surface area contributed by atoms with Gasteiger partial charge in [-0.05, 0) is 31.2 Å². The zero-order valence-corrected chi connectivity index (χ0v) is 17.8. The minimum absolute atomic E-state index is 0.0485. The Morgan fingerprint density at radius 1 is 1.22 bits per heavy atom. The first-order chi connectivity index (χ1) is 14.8. The number of urea groups is 1. The van der Waals surface area contributed by atoms with Gasteiger partial charge in [0.25, 0.3) is 0 Å². The van der Waals surface area contributed by atoms with Crippen molar-refractivity contribution in [1.29, 1.82) is 0 Å². The smallest absolute Gasteiger partial charge is 0.416 e. The van der Waals surface area contributed by atoms with E-state index in [1.807, 2.05) is 0 Å². The molecule has 2 heterocycles. The van der Waals surface area contributed by atoms with Crippen LogP contribution < -0.4 is 10.6 Å². The van der Waals surface area contributed by atoms with E-state index in [0.717, 1.165) is 29.2 Å². The second-order valence-electron chi connectivity index (χ2n) is 8.07. The third-order valence-corrected chi connectivity index (χ3v) is 6.00. The minimum atomic E-state index is -4.49. The predicted octanol–water partition coefficient (Wildman–Crippen LogP) is 1.30. The molecule has 174 valence electrons. The van der Waals surface area contributed by atoms with E-state index in [1.54, 1.807) is 0 Å². The first-order valence-electron chi connectivity index (χ1n) is 9.68. The van der Waals surface area contributed by atoms with Crippen LogP contribution in [0.3, 0.4) is 0 Å². The summed E-state index contributed by atoms with van der Waals surface area (Å²) in [7, 11) is 3.93. The second-order valence-corrected chi connectivity index (χ2v) is 8.07. The number of nitrogens with zero attached hydrogens (tertiary/aromatic N) is 2. The van der Waals surface area contributed by atoms with Crippen LogP contribution in [0.2, 0.25) is 0 Å². The number of esters is 1. The summed E-state index contributed by atoms with van der Waals surface area (Å²) < 4.78 is 42.9. The van der Waals surface area contributed by atoms with Gasteiger partial charge in [0.15, 0.2) is 0 Å². The van der Waals surface area contributed by atoms with Crippen molar-refractivity contribution in [2.75, 3.05) is 33.1 Å². The average Bonchev–Trinajstić information content (AvgIpc) is 3.15. The molecule has 12 heteroatoms. The number of benzene rings is 1. The van der Waals surface area contributed by atoms with Crippen LogP contribution in [0.4, 0.5) is 23.7 Å². The number of hydrogen-bond donors (Lipinski definition) is 2. The van der Waals surface area contributed by atoms with E-state index in [1.165, 1.54) is 33.0 Å². The number of carbonyl (C=O) groups excluding carboxylic acids is 4. The first kappa shape index (κ1) is 23.5. The minimum Gasteiger partial charge on any atom is -0.468 e. The number of methoxy groups -OCH3 is 1. The lowest BCUT2D eigenvalue weighted by molar-refractivity contribution is -0.152. The van der Waals surface area contributed by atoms with Crippen molar-refractivity contribution in [3.05, 3.63) is 29.8 Å². The summed E-state index contributed by atoms with van der Waals surface area (Å²) in [4.78, 5) is 52.4. The van der Waals surface area contributed by atoms with Gasteiger partial charge in [0.05, 0.1) is 24.5 Å². The Bertz CT molecular complexity index is 952. The molecule has 0 saturated carbocycles. The number of rotatable bonds is 4. The molecule has 32 heavy (non-hydrogen) atoms. The summed E-state index contributed by atoms with van der Waals surface area (Å²) in [6.07, 6.45) is -4.49. The number of ether oxygens (including phenoxy) is 1. The standard InChI is InChI=1S/C20H23F3N4O5/c1-19(17(30)32-4)14-13(15(28)27(3)16(14)29)12(25-19)9-26(2)18(31)24-11-7-5-10(6-8-11)20(21,22)23/h5-8,12-14,25H,9H2,1-4H3,(H,24,31)/t12-,13+,14-,19-/m1/s1. The number of hydrogen-bond acceptors (Lipinski definition) is 6. The highest BCUT2D eigenvalue weighted by Gasteiger charge is 2.66. The molecule has 1 aromatic rings. The Hall–Kier alpha value is -3.15. The van der Waals surface area contributed by atoms with Gasteiger partial charge in [-0.1, -0.05) is 0 Å². The number of amides is 4. The topological polar surface area (TPSA) is 108 Å². The highest BCUT2D eigenvalue weighted by atomic mass is 19.4. The number of likely N-dealkylation sites (tertiary alicyclic amines) is 1. The molecule has 0 radical (unpaired) electrons. The predicted molar refractivity (Wildman–Crippen MR) is 105 cm³/mol. The first-order valence-corrected chi connectivity index (χ1v) is 9.68. The van der Waals surface area contributed by atoms with Gasteiger partial charge in [-0.3, -0.25) is 24.6 Å². The van der Waals surface area contributed by atoms with E-state index < -0.39 is 59.0 Å². The number of anilines is 1. The van der Waals surface area contributed by atoms with E-state index in [0.29, 0.717) is 0 Å². The Labute approximate surface area is 181 Å². The fourth-order valence-corrected chi connectivity index (χ4v) is 4.31. The molecule has 2 saturated heterocycles. The molecule has 9 nitrogen and oxygen atoms in total. The van der Waals surface area contributed by atoms with Crippen LogP contribution in [0.1, 0.15) is 12.5 Å². The molecule has 2 aliphatic rings. The molecule has 0 aliphatic carbocycles. The number of carbonyl (C=O) groups is 4. The van der Waals surface area contributed by atoms with E-state index in [4.69, 9.17) is 4.74 Å². The molecule has 2 N–H and O–H groups in total. The quantitative estimate of drug-likeness (QED) is 0.523. The van der Waals surface area contributed by atoms with Crippen molar-refractivity contribution < 1.29 is 37.1 Å². The van der Waals surface area contributed by atoms with Crippen molar-refractivity contribution >= 4 is 29.5 Å². The number of fused-ring (bicyclic) bond motifs is 1. The van der Waals surface area contributed by atoms with Gasteiger partial charge in [0.1, 0.15) is 5.54 Å². The molecular formula is C20H23F3N4O5. The zero-order chi connectivity index (χ0) is 24.0. The molecule has 1 aromatic carbocycles. The SMILES string of the molecule is COC(=O)[C@]1(C)N[C@H](CN(C)C(=O)Nc2ccc(C(F)(F)F)cc2)[C@@H]2C(=O)N(C)C(=O)[C@@H]21. The van der Waals surface area contributed by atoms with Crippen LogP contribution >= 0.6 is 0 Å². The second kappa shape index (κ2) is 8.08. The van der Waals surface area contributed by atoms with Gasteiger partial charge < -0.3 is 15.0 Å². The largest absolute Gasteiger partial charge is 0.468 e. The summed E-state index contributed by atoms with van der Waals surface area (Å²) in [6, 6.07) is 2.58. The number of nitrogens with one attached hydrogen (secondary N) is 2. The molecule has 2 aliphatic heterocycles. The average molecular weight is 456 g/mol. The summed E-state index contributed by atoms with van der Waals surface area (Å²) in [5.74, 6) is -3.55. The van der Waals surface area contributed by atoms with Gasteiger partial charge in [0.2, 0.25) is 11.8 Å². The van der Waals surface area contributed by atoms with Gasteiger partial charge >= 0.3 is 18.2 Å². The number of imide groups is 1. The van der Waals surface area contributed by atoms with Crippen LogP contribution in [0.15, 0.2) is 24.3 Å². The third-order valence-electron chi connectivity index (χ3n) is 6.00. The maximum absolute atomic E-state index is 12.7. The van der Waals surface area contributed by atoms with E-state index >= 15 is 0 Å². The van der Waals surface area contributed by atoms with E-state index in [9.17, 15) is 32.3 Å². The Morgan fingerprint density at radius 3 is 2.34 bits per heavy atom. The van der Waals surface area contributed by atoms with Crippen molar-refractivity contribution in [3.8, 4) is 0 Å². The van der Waals surface area contributed by atoms with E-state index in [2.05, 4.69) is 10.6 Å². The summed E-state index contributed by atoms with van der Waals surface area (Å²) >= 11 is 0. The maximum atomic E-state index is 12.7. The Kier molecular flexibility index (Phi) is 5.94. The highest BCUT2D eigenvalue weighted by Crippen LogP contribution is 2.43.